The number of nitrogens with two attached hydrogens (primary N) is 1. The third-order valence-corrected chi connectivity index (χ3v) is 7.36. The minimum absolute atomic E-state index is 0.0767. The predicted molar refractivity (Wildman–Crippen MR) is 143 cm³/mol. The molecule has 0 aliphatic heterocycles. The van der Waals surface area contributed by atoms with Crippen LogP contribution in [0.1, 0.15) is 68.0 Å². The lowest BCUT2D eigenvalue weighted by Gasteiger charge is -2.25. The maximum Gasteiger partial charge on any atom is 0.173 e. The molecule has 1 heterocycles. The number of hydrogen-bond acceptors (Lipinski definition) is 7. The normalized spacial score (nSPS) is 16.7. The first kappa shape index (κ1) is 26.9. The van der Waals surface area contributed by atoms with E-state index in [1.54, 1.807) is 0 Å². The molecule has 3 rings (SSSR count). The van der Waals surface area contributed by atoms with Crippen molar-refractivity contribution in [3.05, 3.63) is 57.6 Å². The minimum atomic E-state index is 0.0767. The molecule has 0 amide bonds. The standard InChI is InChI=1S/C28H37N5OS/c1-5-24-25(22(11-14-34)18-33(4)13-12-29)7-6-8-26(24)27-31-28(35-32-27)21-10-9-20(15-19(2)3)23(16-21)17-30/h6-9,14,16,19,21-22H,5,10-13,15,18,29H2,1-4H3. The highest BCUT2D eigenvalue weighted by Gasteiger charge is 2.24. The van der Waals surface area contributed by atoms with Crippen LogP contribution < -0.4 is 5.73 Å². The molecule has 6 nitrogen and oxygen atoms in total. The van der Waals surface area contributed by atoms with Gasteiger partial charge in [0.1, 0.15) is 11.3 Å². The number of aldehydes is 1. The van der Waals surface area contributed by atoms with Gasteiger partial charge in [0.2, 0.25) is 0 Å². The summed E-state index contributed by atoms with van der Waals surface area (Å²) in [6, 6.07) is 8.63. The third-order valence-electron chi connectivity index (χ3n) is 6.51. The molecule has 0 saturated heterocycles. The fourth-order valence-electron chi connectivity index (χ4n) is 4.86. The van der Waals surface area contributed by atoms with Crippen molar-refractivity contribution in [1.82, 2.24) is 14.3 Å². The number of likely N-dealkylation sites (N-methyl/N-ethyl adjacent to an activating group) is 1. The molecule has 1 aliphatic rings. The monoisotopic (exact) mass is 491 g/mol. The summed E-state index contributed by atoms with van der Waals surface area (Å²) in [5.74, 6) is 1.42. The Hall–Kier alpha value is -2.66. The molecule has 1 aromatic heterocycles. The maximum atomic E-state index is 11.5. The summed E-state index contributed by atoms with van der Waals surface area (Å²) in [5.41, 5.74) is 11.0. The van der Waals surface area contributed by atoms with Crippen LogP contribution in [0.5, 0.6) is 0 Å². The van der Waals surface area contributed by atoms with Gasteiger partial charge in [-0.2, -0.15) is 9.64 Å². The van der Waals surface area contributed by atoms with E-state index in [0.717, 1.165) is 66.2 Å². The molecule has 0 spiro atoms. The molecule has 186 valence electrons. The second-order valence-electron chi connectivity index (χ2n) is 9.70. The summed E-state index contributed by atoms with van der Waals surface area (Å²) in [5, 5.41) is 10.6. The highest BCUT2D eigenvalue weighted by Crippen LogP contribution is 2.36. The molecule has 1 aromatic carbocycles. The van der Waals surface area contributed by atoms with E-state index in [4.69, 9.17) is 15.1 Å². The number of benzene rings is 1. The molecule has 0 saturated carbocycles. The molecule has 2 aromatic rings. The molecule has 2 N–H and O–H groups in total. The van der Waals surface area contributed by atoms with Crippen molar-refractivity contribution >= 4 is 17.8 Å². The average Bonchev–Trinajstić information content (AvgIpc) is 3.33. The van der Waals surface area contributed by atoms with Gasteiger partial charge in [-0.3, -0.25) is 0 Å². The Labute approximate surface area is 213 Å². The smallest absolute Gasteiger partial charge is 0.173 e. The van der Waals surface area contributed by atoms with Crippen LogP contribution in [0.15, 0.2) is 41.5 Å². The van der Waals surface area contributed by atoms with Crippen LogP contribution in [0.2, 0.25) is 0 Å². The quantitative estimate of drug-likeness (QED) is 0.408. The highest BCUT2D eigenvalue weighted by molar-refractivity contribution is 7.05. The van der Waals surface area contributed by atoms with Gasteiger partial charge in [0.25, 0.3) is 0 Å². The first-order chi connectivity index (χ1) is 16.9. The van der Waals surface area contributed by atoms with Crippen LogP contribution in [0.4, 0.5) is 0 Å². The number of allylic oxidation sites excluding steroid dienone is 4. The largest absolute Gasteiger partial charge is 0.329 e. The SMILES string of the molecule is CCc1c(-c2nsc(C3C=C(C#N)C(CC(C)C)=CC3)n2)cccc1C(CC=O)CN(C)CCN. The van der Waals surface area contributed by atoms with Crippen molar-refractivity contribution in [1.29, 1.82) is 5.26 Å². The predicted octanol–water partition coefficient (Wildman–Crippen LogP) is 5.24. The fourth-order valence-corrected chi connectivity index (χ4v) is 5.61. The van der Waals surface area contributed by atoms with Crippen molar-refractivity contribution in [2.45, 2.75) is 58.3 Å². The molecule has 1 aliphatic carbocycles. The average molecular weight is 492 g/mol. The first-order valence-corrected chi connectivity index (χ1v) is 13.3. The Morgan fingerprint density at radius 3 is 2.83 bits per heavy atom. The molecule has 7 heteroatoms. The van der Waals surface area contributed by atoms with E-state index in [0.29, 0.717) is 18.9 Å². The molecule has 2 unspecified atom stereocenters. The van der Waals surface area contributed by atoms with Crippen LogP contribution in [0, 0.1) is 17.2 Å². The van der Waals surface area contributed by atoms with E-state index < -0.39 is 0 Å². The Morgan fingerprint density at radius 1 is 1.37 bits per heavy atom. The zero-order valence-electron chi connectivity index (χ0n) is 21.3. The van der Waals surface area contributed by atoms with E-state index in [1.165, 1.54) is 22.7 Å². The van der Waals surface area contributed by atoms with E-state index in [-0.39, 0.29) is 11.8 Å². The van der Waals surface area contributed by atoms with E-state index in [2.05, 4.69) is 56.0 Å². The van der Waals surface area contributed by atoms with Gasteiger partial charge in [-0.25, -0.2) is 4.98 Å². The summed E-state index contributed by atoms with van der Waals surface area (Å²) in [7, 11) is 2.04. The summed E-state index contributed by atoms with van der Waals surface area (Å²) >= 11 is 1.42. The first-order valence-electron chi connectivity index (χ1n) is 12.5. The van der Waals surface area contributed by atoms with Gasteiger partial charge in [0.05, 0.1) is 11.6 Å². The lowest BCUT2D eigenvalue weighted by molar-refractivity contribution is -0.108. The summed E-state index contributed by atoms with van der Waals surface area (Å²) in [6.45, 7) is 8.65. The maximum absolute atomic E-state index is 11.5. The summed E-state index contributed by atoms with van der Waals surface area (Å²) < 4.78 is 4.73. The second-order valence-corrected chi connectivity index (χ2v) is 10.5. The minimum Gasteiger partial charge on any atom is -0.329 e. The Morgan fingerprint density at radius 2 is 2.17 bits per heavy atom. The number of nitrogens with zero attached hydrogens (tertiary/aromatic N) is 4. The van der Waals surface area contributed by atoms with Crippen LogP contribution in [0.3, 0.4) is 0 Å². The summed E-state index contributed by atoms with van der Waals surface area (Å²) in [4.78, 5) is 18.6. The fraction of sp³-hybridized carbons (Fsp3) is 0.500. The highest BCUT2D eigenvalue weighted by atomic mass is 32.1. The van der Waals surface area contributed by atoms with E-state index >= 15 is 0 Å². The Balaban J connectivity index is 1.90. The lowest BCUT2D eigenvalue weighted by Crippen LogP contribution is -2.30. The van der Waals surface area contributed by atoms with Gasteiger partial charge in [-0.05, 0) is 60.5 Å². The topological polar surface area (TPSA) is 95.9 Å². The van der Waals surface area contributed by atoms with Crippen molar-refractivity contribution < 1.29 is 4.79 Å². The molecule has 35 heavy (non-hydrogen) atoms. The van der Waals surface area contributed by atoms with Gasteiger partial charge in [0, 0.05) is 43.5 Å². The number of carbonyl (C=O) groups excluding carboxylic acids is 1. The van der Waals surface area contributed by atoms with Gasteiger partial charge in [-0.15, -0.1) is 0 Å². The molecule has 0 fully saturated rings. The zero-order valence-corrected chi connectivity index (χ0v) is 22.1. The zero-order chi connectivity index (χ0) is 25.4. The van der Waals surface area contributed by atoms with Crippen LogP contribution in [0.25, 0.3) is 11.4 Å². The van der Waals surface area contributed by atoms with Crippen molar-refractivity contribution in [2.24, 2.45) is 11.7 Å². The number of carbonyl (C=O) groups is 1. The number of aromatic nitrogens is 2. The Kier molecular flexibility index (Phi) is 9.91. The van der Waals surface area contributed by atoms with Gasteiger partial charge < -0.3 is 15.4 Å². The number of hydrogen-bond donors (Lipinski definition) is 1. The number of nitriles is 1. The number of rotatable bonds is 12. The molecule has 2 atom stereocenters. The molecular weight excluding hydrogens is 454 g/mol. The molecule has 0 radical (unpaired) electrons. The van der Waals surface area contributed by atoms with Gasteiger partial charge in [-0.1, -0.05) is 51.1 Å². The van der Waals surface area contributed by atoms with E-state index in [1.807, 2.05) is 13.1 Å². The molecular formula is C28H37N5OS. The van der Waals surface area contributed by atoms with Crippen molar-refractivity contribution in [3.8, 4) is 17.5 Å². The van der Waals surface area contributed by atoms with Crippen LogP contribution in [-0.2, 0) is 11.2 Å². The van der Waals surface area contributed by atoms with Gasteiger partial charge in [0.15, 0.2) is 5.82 Å². The van der Waals surface area contributed by atoms with Crippen molar-refractivity contribution in [2.75, 3.05) is 26.7 Å². The van der Waals surface area contributed by atoms with Gasteiger partial charge >= 0.3 is 0 Å². The van der Waals surface area contributed by atoms with Crippen molar-refractivity contribution in [3.63, 3.8) is 0 Å². The molecule has 0 bridgehead atoms. The Bertz CT molecular complexity index is 1110. The van der Waals surface area contributed by atoms with Crippen LogP contribution >= 0.6 is 11.5 Å². The van der Waals surface area contributed by atoms with E-state index in [9.17, 15) is 10.1 Å². The summed E-state index contributed by atoms with van der Waals surface area (Å²) in [6.07, 6.45) is 8.33. The third kappa shape index (κ3) is 6.72. The lowest BCUT2D eigenvalue weighted by atomic mass is 9.87. The second kappa shape index (κ2) is 12.9. The van der Waals surface area contributed by atoms with Crippen LogP contribution in [-0.4, -0.2) is 47.2 Å².